The maximum absolute atomic E-state index is 12.8. The first-order valence-electron chi connectivity index (χ1n) is 7.29. The van der Waals surface area contributed by atoms with Gasteiger partial charge in [-0.3, -0.25) is 14.5 Å². The Kier molecular flexibility index (Phi) is 3.89. The fraction of sp³-hybridized carbons (Fsp3) is 0.312. The van der Waals surface area contributed by atoms with Crippen molar-refractivity contribution in [2.75, 3.05) is 11.5 Å². The van der Waals surface area contributed by atoms with Gasteiger partial charge in [0, 0.05) is 5.57 Å². The number of furan rings is 1. The van der Waals surface area contributed by atoms with Crippen LogP contribution >= 0.6 is 0 Å². The van der Waals surface area contributed by atoms with Crippen LogP contribution in [0.3, 0.4) is 0 Å². The Morgan fingerprint density at radius 2 is 2.12 bits per heavy atom. The molecule has 0 radical (unpaired) electrons. The minimum absolute atomic E-state index is 0.0729. The number of carbonyl (C=O) groups excluding carboxylic acids is 2. The fourth-order valence-electron chi connectivity index (χ4n) is 2.93. The van der Waals surface area contributed by atoms with Crippen LogP contribution in [-0.2, 0) is 19.4 Å². The van der Waals surface area contributed by atoms with E-state index in [9.17, 15) is 23.3 Å². The largest absolute Gasteiger partial charge is 0.465 e. The Morgan fingerprint density at radius 3 is 2.67 bits per heavy atom. The van der Waals surface area contributed by atoms with Crippen LogP contribution in [0.5, 0.6) is 0 Å². The van der Waals surface area contributed by atoms with Gasteiger partial charge in [0.25, 0.3) is 11.8 Å². The van der Waals surface area contributed by atoms with E-state index in [1.165, 1.54) is 19.3 Å². The van der Waals surface area contributed by atoms with Crippen molar-refractivity contribution in [3.05, 3.63) is 40.9 Å². The third kappa shape index (κ3) is 2.67. The van der Waals surface area contributed by atoms with Crippen molar-refractivity contribution < 1.29 is 22.4 Å². The van der Waals surface area contributed by atoms with Crippen LogP contribution in [0.4, 0.5) is 0 Å². The van der Waals surface area contributed by atoms with Crippen molar-refractivity contribution in [2.24, 2.45) is 0 Å². The molecule has 1 fully saturated rings. The van der Waals surface area contributed by atoms with E-state index in [0.29, 0.717) is 5.76 Å². The molecule has 3 rings (SSSR count). The molecule has 24 heavy (non-hydrogen) atoms. The predicted molar refractivity (Wildman–Crippen MR) is 83.9 cm³/mol. The van der Waals surface area contributed by atoms with E-state index in [-0.39, 0.29) is 34.6 Å². The zero-order chi connectivity index (χ0) is 17.5. The van der Waals surface area contributed by atoms with Crippen LogP contribution in [0, 0.1) is 11.3 Å². The average Bonchev–Trinajstić information content (AvgIpc) is 3.14. The fourth-order valence-corrected chi connectivity index (χ4v) is 4.63. The number of sulfone groups is 1. The summed E-state index contributed by atoms with van der Waals surface area (Å²) in [5.41, 5.74) is 0.267. The van der Waals surface area contributed by atoms with Crippen molar-refractivity contribution in [3.8, 4) is 6.07 Å². The second kappa shape index (κ2) is 5.76. The van der Waals surface area contributed by atoms with Crippen molar-refractivity contribution in [3.63, 3.8) is 0 Å². The minimum Gasteiger partial charge on any atom is -0.465 e. The number of nitrogens with zero attached hydrogens (tertiary/aromatic N) is 2. The highest BCUT2D eigenvalue weighted by atomic mass is 32.2. The third-order valence-electron chi connectivity index (χ3n) is 4.18. The maximum Gasteiger partial charge on any atom is 0.271 e. The molecule has 0 spiro atoms. The van der Waals surface area contributed by atoms with Gasteiger partial charge >= 0.3 is 0 Å². The average molecular weight is 346 g/mol. The molecule has 124 valence electrons. The zero-order valence-electron chi connectivity index (χ0n) is 12.9. The lowest BCUT2D eigenvalue weighted by Gasteiger charge is -2.31. The lowest BCUT2D eigenvalue weighted by Crippen LogP contribution is -2.49. The van der Waals surface area contributed by atoms with Crippen molar-refractivity contribution in [2.45, 2.75) is 19.4 Å². The van der Waals surface area contributed by atoms with E-state index in [2.05, 4.69) is 0 Å². The van der Waals surface area contributed by atoms with Gasteiger partial charge in [-0.25, -0.2) is 8.42 Å². The first kappa shape index (κ1) is 16.2. The molecule has 0 bridgehead atoms. The normalized spacial score (nSPS) is 25.4. The Balaban J connectivity index is 2.08. The van der Waals surface area contributed by atoms with Gasteiger partial charge in [0.15, 0.2) is 9.84 Å². The number of nitriles is 1. The molecule has 0 saturated carbocycles. The highest BCUT2D eigenvalue weighted by molar-refractivity contribution is 7.91. The van der Waals surface area contributed by atoms with Crippen LogP contribution in [0.15, 0.2) is 39.5 Å². The summed E-state index contributed by atoms with van der Waals surface area (Å²) in [6, 6.07) is 4.37. The van der Waals surface area contributed by atoms with Gasteiger partial charge in [0.2, 0.25) is 0 Å². The molecule has 2 aliphatic rings. The molecule has 0 aliphatic carbocycles. The lowest BCUT2D eigenvalue weighted by atomic mass is 9.93. The number of amides is 2. The Hall–Kier alpha value is -2.66. The van der Waals surface area contributed by atoms with Gasteiger partial charge in [-0.15, -0.1) is 0 Å². The highest BCUT2D eigenvalue weighted by Crippen LogP contribution is 2.31. The van der Waals surface area contributed by atoms with Crippen LogP contribution in [0.2, 0.25) is 0 Å². The molecule has 1 aromatic heterocycles. The van der Waals surface area contributed by atoms with Crippen molar-refractivity contribution >= 4 is 27.7 Å². The monoisotopic (exact) mass is 346 g/mol. The zero-order valence-corrected chi connectivity index (χ0v) is 13.7. The maximum atomic E-state index is 12.8. The third-order valence-corrected chi connectivity index (χ3v) is 5.93. The topological polar surface area (TPSA) is 108 Å². The van der Waals surface area contributed by atoms with E-state index in [1.54, 1.807) is 12.1 Å². The molecule has 0 N–H and O–H groups in total. The van der Waals surface area contributed by atoms with Crippen molar-refractivity contribution in [1.29, 1.82) is 5.26 Å². The molecule has 0 unspecified atom stereocenters. The van der Waals surface area contributed by atoms with Gasteiger partial charge in [0.05, 0.1) is 23.8 Å². The minimum atomic E-state index is -3.28. The van der Waals surface area contributed by atoms with Gasteiger partial charge in [-0.1, -0.05) is 0 Å². The van der Waals surface area contributed by atoms with E-state index in [4.69, 9.17) is 4.42 Å². The number of hydrogen-bond acceptors (Lipinski definition) is 6. The molecule has 1 saturated heterocycles. The molecule has 2 amide bonds. The highest BCUT2D eigenvalue weighted by Gasteiger charge is 2.43. The summed E-state index contributed by atoms with van der Waals surface area (Å²) in [4.78, 5) is 26.2. The first-order chi connectivity index (χ1) is 11.3. The van der Waals surface area contributed by atoms with E-state index < -0.39 is 27.7 Å². The van der Waals surface area contributed by atoms with E-state index >= 15 is 0 Å². The summed E-state index contributed by atoms with van der Waals surface area (Å²) in [6.07, 6.45) is 3.08. The summed E-state index contributed by atoms with van der Waals surface area (Å²) < 4.78 is 28.6. The molecule has 0 aromatic carbocycles. The van der Waals surface area contributed by atoms with Gasteiger partial charge < -0.3 is 4.42 Å². The molecule has 2 aliphatic heterocycles. The first-order valence-corrected chi connectivity index (χ1v) is 9.11. The van der Waals surface area contributed by atoms with Crippen LogP contribution in [-0.4, -0.2) is 42.7 Å². The number of imide groups is 1. The van der Waals surface area contributed by atoms with Crippen LogP contribution in [0.25, 0.3) is 6.08 Å². The molecular formula is C16H14N2O5S. The molecule has 1 aromatic rings. The summed E-state index contributed by atoms with van der Waals surface area (Å²) in [6.45, 7) is 1.52. The molecule has 7 nitrogen and oxygen atoms in total. The number of hydrogen-bond donors (Lipinski definition) is 0. The summed E-state index contributed by atoms with van der Waals surface area (Å²) in [5, 5.41) is 9.29. The quantitative estimate of drug-likeness (QED) is 0.585. The van der Waals surface area contributed by atoms with E-state index in [0.717, 1.165) is 4.90 Å². The molecule has 8 heteroatoms. The Bertz CT molecular complexity index is 916. The number of carbonyl (C=O) groups is 2. The standard InChI is InChI=1S/C16H14N2O5S/c1-10-13(7-12-3-2-5-23-12)15(19)18(16(20)14(10)8-17)11-4-6-24(21,22)9-11/h2-3,5,7,11H,4,6,9H2,1H3/b13-7-/t11-/m1/s1. The summed E-state index contributed by atoms with van der Waals surface area (Å²) in [7, 11) is -3.28. The predicted octanol–water partition coefficient (Wildman–Crippen LogP) is 1.06. The van der Waals surface area contributed by atoms with Gasteiger partial charge in [-0.05, 0) is 37.1 Å². The van der Waals surface area contributed by atoms with Gasteiger partial charge in [-0.2, -0.15) is 5.26 Å². The number of rotatable bonds is 2. The van der Waals surface area contributed by atoms with Crippen LogP contribution < -0.4 is 0 Å². The smallest absolute Gasteiger partial charge is 0.271 e. The van der Waals surface area contributed by atoms with E-state index in [1.807, 2.05) is 6.07 Å². The second-order valence-corrected chi connectivity index (χ2v) is 7.95. The Morgan fingerprint density at radius 1 is 1.38 bits per heavy atom. The molecular weight excluding hydrogens is 332 g/mol. The van der Waals surface area contributed by atoms with Crippen molar-refractivity contribution in [1.82, 2.24) is 4.90 Å². The summed E-state index contributed by atoms with van der Waals surface area (Å²) >= 11 is 0. The lowest BCUT2D eigenvalue weighted by molar-refractivity contribution is -0.142. The summed E-state index contributed by atoms with van der Waals surface area (Å²) in [5.74, 6) is -1.27. The SMILES string of the molecule is CC1=C(C#N)C(=O)N([C@@H]2CCS(=O)(=O)C2)C(=O)/C1=C\c1ccco1. The van der Waals surface area contributed by atoms with Crippen LogP contribution in [0.1, 0.15) is 19.1 Å². The molecule has 1 atom stereocenters. The second-order valence-electron chi connectivity index (χ2n) is 5.72. The molecule has 3 heterocycles. The Labute approximate surface area is 138 Å². The van der Waals surface area contributed by atoms with Gasteiger partial charge in [0.1, 0.15) is 17.4 Å².